The number of aliphatic hydroxyl groups is 1. The summed E-state index contributed by atoms with van der Waals surface area (Å²) >= 11 is 0. The topological polar surface area (TPSA) is 93.5 Å². The maximum atomic E-state index is 13.6. The van der Waals surface area contributed by atoms with Crippen molar-refractivity contribution in [3.63, 3.8) is 0 Å². The number of benzene rings is 2. The van der Waals surface area contributed by atoms with Crippen LogP contribution < -0.4 is 10.9 Å². The van der Waals surface area contributed by atoms with Crippen LogP contribution in [0.1, 0.15) is 45.1 Å². The standard InChI is InChI=1S/C24H25N3O4/c1-16(25-23(30)31-24(2,3)4)21-26-19-14-8-10-17(11-9-15-28)20(19)22(29)27(21)18-12-6-5-7-13-18/h5-8,10,12-14,16,28H,15H2,1-4H3,(H,25,30)/t16-/m0/s1. The fourth-order valence-corrected chi connectivity index (χ4v) is 3.15. The van der Waals surface area contributed by atoms with E-state index in [1.54, 1.807) is 58.0 Å². The van der Waals surface area contributed by atoms with Crippen LogP contribution >= 0.6 is 0 Å². The first kappa shape index (κ1) is 22.1. The molecule has 0 spiro atoms. The molecule has 2 aromatic carbocycles. The fraction of sp³-hybridized carbons (Fsp3) is 0.292. The second-order valence-corrected chi connectivity index (χ2v) is 7.97. The van der Waals surface area contributed by atoms with Gasteiger partial charge in [0.05, 0.1) is 22.6 Å². The molecule has 3 rings (SSSR count). The molecule has 0 aliphatic heterocycles. The van der Waals surface area contributed by atoms with Crippen LogP contribution in [0.2, 0.25) is 0 Å². The Morgan fingerprint density at radius 1 is 1.19 bits per heavy atom. The van der Waals surface area contributed by atoms with E-state index < -0.39 is 17.7 Å². The van der Waals surface area contributed by atoms with Crippen molar-refractivity contribution in [2.75, 3.05) is 6.61 Å². The number of fused-ring (bicyclic) bond motifs is 1. The van der Waals surface area contributed by atoms with Gasteiger partial charge in [0.2, 0.25) is 0 Å². The van der Waals surface area contributed by atoms with Gasteiger partial charge in [-0.15, -0.1) is 0 Å². The minimum atomic E-state index is -0.653. The van der Waals surface area contributed by atoms with Crippen LogP contribution in [0.5, 0.6) is 0 Å². The summed E-state index contributed by atoms with van der Waals surface area (Å²) in [7, 11) is 0. The molecule has 7 heteroatoms. The third kappa shape index (κ3) is 5.11. The summed E-state index contributed by atoms with van der Waals surface area (Å²) in [6, 6.07) is 13.6. The first-order valence-corrected chi connectivity index (χ1v) is 9.91. The Hall–Kier alpha value is -3.63. The van der Waals surface area contributed by atoms with E-state index in [0.29, 0.717) is 28.0 Å². The predicted molar refractivity (Wildman–Crippen MR) is 119 cm³/mol. The van der Waals surface area contributed by atoms with E-state index in [9.17, 15) is 9.59 Å². The fourth-order valence-electron chi connectivity index (χ4n) is 3.15. The molecule has 0 saturated carbocycles. The van der Waals surface area contributed by atoms with Gasteiger partial charge in [-0.1, -0.05) is 36.1 Å². The van der Waals surface area contributed by atoms with E-state index in [2.05, 4.69) is 17.2 Å². The number of hydrogen-bond donors (Lipinski definition) is 2. The van der Waals surface area contributed by atoms with Gasteiger partial charge in [-0.2, -0.15) is 0 Å². The predicted octanol–water partition coefficient (Wildman–Crippen LogP) is 3.32. The van der Waals surface area contributed by atoms with E-state index in [-0.39, 0.29) is 12.2 Å². The van der Waals surface area contributed by atoms with Crippen LogP contribution in [0.25, 0.3) is 16.6 Å². The van der Waals surface area contributed by atoms with E-state index in [4.69, 9.17) is 14.8 Å². The lowest BCUT2D eigenvalue weighted by Crippen LogP contribution is -2.37. The Morgan fingerprint density at radius 2 is 1.90 bits per heavy atom. The van der Waals surface area contributed by atoms with Crippen molar-refractivity contribution in [1.82, 2.24) is 14.9 Å². The van der Waals surface area contributed by atoms with Gasteiger partial charge in [0.25, 0.3) is 5.56 Å². The highest BCUT2D eigenvalue weighted by molar-refractivity contribution is 5.84. The number of nitrogens with zero attached hydrogens (tertiary/aromatic N) is 2. The lowest BCUT2D eigenvalue weighted by Gasteiger charge is -2.23. The van der Waals surface area contributed by atoms with Crippen LogP contribution in [-0.4, -0.2) is 33.0 Å². The normalized spacial score (nSPS) is 12.0. The molecule has 0 aliphatic carbocycles. The van der Waals surface area contributed by atoms with E-state index in [1.165, 1.54) is 4.57 Å². The number of rotatable bonds is 3. The summed E-state index contributed by atoms with van der Waals surface area (Å²) in [6.07, 6.45) is -0.600. The molecule has 31 heavy (non-hydrogen) atoms. The first-order valence-electron chi connectivity index (χ1n) is 9.91. The first-order chi connectivity index (χ1) is 14.7. The Bertz CT molecular complexity index is 1220. The number of para-hydroxylation sites is 1. The van der Waals surface area contributed by atoms with Crippen molar-refractivity contribution in [3.05, 3.63) is 70.3 Å². The Kier molecular flexibility index (Phi) is 6.42. The molecule has 0 saturated heterocycles. The zero-order chi connectivity index (χ0) is 22.6. The Balaban J connectivity index is 2.21. The van der Waals surface area contributed by atoms with Crippen molar-refractivity contribution >= 4 is 17.0 Å². The second kappa shape index (κ2) is 9.02. The highest BCUT2D eigenvalue weighted by Crippen LogP contribution is 2.20. The molecule has 160 valence electrons. The van der Waals surface area contributed by atoms with Crippen molar-refractivity contribution in [2.45, 2.75) is 39.3 Å². The molecule has 0 fully saturated rings. The average Bonchev–Trinajstić information content (AvgIpc) is 2.71. The SMILES string of the molecule is C[C@H](NC(=O)OC(C)(C)C)c1nc2cccc(C#CCO)c2c(=O)n1-c1ccccc1. The molecular weight excluding hydrogens is 394 g/mol. The zero-order valence-corrected chi connectivity index (χ0v) is 18.0. The van der Waals surface area contributed by atoms with Gasteiger partial charge in [-0.05, 0) is 52.0 Å². The molecule has 1 atom stereocenters. The minimum absolute atomic E-state index is 0.313. The number of amides is 1. The Morgan fingerprint density at radius 3 is 2.55 bits per heavy atom. The van der Waals surface area contributed by atoms with Crippen LogP contribution in [0.15, 0.2) is 53.3 Å². The van der Waals surface area contributed by atoms with E-state index in [0.717, 1.165) is 0 Å². The number of carbonyl (C=O) groups excluding carboxylic acids is 1. The molecule has 0 radical (unpaired) electrons. The third-order valence-electron chi connectivity index (χ3n) is 4.36. The van der Waals surface area contributed by atoms with Crippen LogP contribution in [0, 0.1) is 11.8 Å². The molecule has 0 aliphatic rings. The van der Waals surface area contributed by atoms with Crippen LogP contribution in [0.4, 0.5) is 4.79 Å². The van der Waals surface area contributed by atoms with Crippen molar-refractivity contribution < 1.29 is 14.6 Å². The highest BCUT2D eigenvalue weighted by Gasteiger charge is 2.23. The van der Waals surface area contributed by atoms with Gasteiger partial charge < -0.3 is 15.2 Å². The number of alkyl carbamates (subject to hydrolysis) is 1. The van der Waals surface area contributed by atoms with Gasteiger partial charge in [0.1, 0.15) is 18.0 Å². The van der Waals surface area contributed by atoms with Crippen molar-refractivity contribution in [1.29, 1.82) is 0 Å². The van der Waals surface area contributed by atoms with Gasteiger partial charge in [0, 0.05) is 5.56 Å². The summed E-state index contributed by atoms with van der Waals surface area (Å²) in [5.74, 6) is 5.77. The quantitative estimate of drug-likeness (QED) is 0.636. The number of aliphatic hydroxyl groups excluding tert-OH is 1. The number of aromatic nitrogens is 2. The number of hydrogen-bond acceptors (Lipinski definition) is 5. The second-order valence-electron chi connectivity index (χ2n) is 7.97. The van der Waals surface area contributed by atoms with Crippen molar-refractivity contribution in [2.24, 2.45) is 0 Å². The summed E-state index contributed by atoms with van der Waals surface area (Å²) in [6.45, 7) is 6.76. The monoisotopic (exact) mass is 419 g/mol. The summed E-state index contributed by atoms with van der Waals surface area (Å²) in [5.41, 5.74) is 0.578. The zero-order valence-electron chi connectivity index (χ0n) is 18.0. The lowest BCUT2D eigenvalue weighted by molar-refractivity contribution is 0.0505. The average molecular weight is 419 g/mol. The highest BCUT2D eigenvalue weighted by atomic mass is 16.6. The third-order valence-corrected chi connectivity index (χ3v) is 4.36. The number of nitrogens with one attached hydrogen (secondary N) is 1. The van der Waals surface area contributed by atoms with Gasteiger partial charge in [-0.3, -0.25) is 9.36 Å². The van der Waals surface area contributed by atoms with Crippen LogP contribution in [-0.2, 0) is 4.74 Å². The van der Waals surface area contributed by atoms with E-state index in [1.807, 2.05) is 18.2 Å². The number of carbonyl (C=O) groups is 1. The van der Waals surface area contributed by atoms with Crippen LogP contribution in [0.3, 0.4) is 0 Å². The van der Waals surface area contributed by atoms with Gasteiger partial charge in [-0.25, -0.2) is 9.78 Å². The molecule has 0 unspecified atom stereocenters. The minimum Gasteiger partial charge on any atom is -0.444 e. The molecule has 0 bridgehead atoms. The molecular formula is C24H25N3O4. The molecule has 1 amide bonds. The largest absolute Gasteiger partial charge is 0.444 e. The molecule has 3 aromatic rings. The smallest absolute Gasteiger partial charge is 0.408 e. The molecule has 7 nitrogen and oxygen atoms in total. The summed E-state index contributed by atoms with van der Waals surface area (Å²) in [4.78, 5) is 30.6. The Labute approximate surface area is 180 Å². The van der Waals surface area contributed by atoms with Gasteiger partial charge in [0.15, 0.2) is 0 Å². The summed E-state index contributed by atoms with van der Waals surface area (Å²) in [5, 5.41) is 12.2. The molecule has 1 aromatic heterocycles. The molecule has 2 N–H and O–H groups in total. The van der Waals surface area contributed by atoms with Crippen molar-refractivity contribution in [3.8, 4) is 17.5 Å². The summed E-state index contributed by atoms with van der Waals surface area (Å²) < 4.78 is 6.82. The number of ether oxygens (including phenoxy) is 1. The molecule has 1 heterocycles. The lowest BCUT2D eigenvalue weighted by atomic mass is 10.1. The maximum absolute atomic E-state index is 13.6. The van der Waals surface area contributed by atoms with Gasteiger partial charge >= 0.3 is 6.09 Å². The van der Waals surface area contributed by atoms with E-state index >= 15 is 0 Å². The maximum Gasteiger partial charge on any atom is 0.408 e.